The van der Waals surface area contributed by atoms with Gasteiger partial charge in [0.05, 0.1) is 0 Å². The highest BCUT2D eigenvalue weighted by atomic mass is 16.5. The fraction of sp³-hybridized carbons (Fsp3) is 0.111. The average Bonchev–Trinajstić information content (AvgIpc) is 2.93. The molecule has 0 bridgehead atoms. The molecule has 0 radical (unpaired) electrons. The number of nitrogens with one attached hydrogen (secondary N) is 1. The van der Waals surface area contributed by atoms with E-state index in [4.69, 9.17) is 4.74 Å². The molecule has 0 spiro atoms. The second-order valence-corrected chi connectivity index (χ2v) is 4.89. The maximum Gasteiger partial charge on any atom is 0.119 e. The zero-order valence-corrected chi connectivity index (χ0v) is 11.5. The molecule has 3 aromatic rings. The smallest absolute Gasteiger partial charge is 0.119 e. The molecule has 0 saturated carbocycles. The number of hydrogen-bond acceptors (Lipinski definition) is 1. The zero-order chi connectivity index (χ0) is 13.8. The van der Waals surface area contributed by atoms with Crippen molar-refractivity contribution in [1.82, 2.24) is 4.98 Å². The molecule has 2 heteroatoms. The Morgan fingerprint density at radius 1 is 0.950 bits per heavy atom. The monoisotopic (exact) mass is 263 g/mol. The van der Waals surface area contributed by atoms with Crippen LogP contribution in [0, 0.1) is 6.92 Å². The minimum atomic E-state index is 0.599. The summed E-state index contributed by atoms with van der Waals surface area (Å²) in [4.78, 5) is 3.26. The molecule has 0 saturated heterocycles. The molecule has 100 valence electrons. The van der Waals surface area contributed by atoms with Crippen molar-refractivity contribution >= 4 is 0 Å². The Labute approximate surface area is 119 Å². The van der Waals surface area contributed by atoms with Crippen molar-refractivity contribution in [2.45, 2.75) is 13.5 Å². The van der Waals surface area contributed by atoms with Gasteiger partial charge in [-0.05, 0) is 53.9 Å². The van der Waals surface area contributed by atoms with Crippen LogP contribution in [0.15, 0.2) is 66.9 Å². The summed E-state index contributed by atoms with van der Waals surface area (Å²) >= 11 is 0. The van der Waals surface area contributed by atoms with Gasteiger partial charge >= 0.3 is 0 Å². The van der Waals surface area contributed by atoms with E-state index in [1.165, 1.54) is 16.7 Å². The van der Waals surface area contributed by atoms with Gasteiger partial charge in [-0.3, -0.25) is 0 Å². The molecule has 0 amide bonds. The first-order chi connectivity index (χ1) is 9.81. The second-order valence-electron chi connectivity index (χ2n) is 4.89. The Kier molecular flexibility index (Phi) is 3.55. The predicted molar refractivity (Wildman–Crippen MR) is 81.7 cm³/mol. The van der Waals surface area contributed by atoms with Crippen LogP contribution in [-0.4, -0.2) is 4.98 Å². The number of ether oxygens (including phenoxy) is 1. The molecule has 0 aliphatic rings. The summed E-state index contributed by atoms with van der Waals surface area (Å²) in [6.45, 7) is 2.68. The Morgan fingerprint density at radius 2 is 1.70 bits per heavy atom. The maximum atomic E-state index is 5.78. The maximum absolute atomic E-state index is 5.78. The van der Waals surface area contributed by atoms with E-state index in [0.29, 0.717) is 6.61 Å². The molecule has 1 N–H and O–H groups in total. The van der Waals surface area contributed by atoms with Gasteiger partial charge in [-0.1, -0.05) is 30.3 Å². The average molecular weight is 263 g/mol. The summed E-state index contributed by atoms with van der Waals surface area (Å²) in [7, 11) is 0. The van der Waals surface area contributed by atoms with Crippen LogP contribution >= 0.6 is 0 Å². The summed E-state index contributed by atoms with van der Waals surface area (Å²) in [6, 6.07) is 20.5. The van der Waals surface area contributed by atoms with Crippen LogP contribution in [0.25, 0.3) is 11.3 Å². The van der Waals surface area contributed by atoms with Crippen LogP contribution in [-0.2, 0) is 6.61 Å². The predicted octanol–water partition coefficient (Wildman–Crippen LogP) is 4.57. The lowest BCUT2D eigenvalue weighted by atomic mass is 10.1. The summed E-state index contributed by atoms with van der Waals surface area (Å²) < 4.78 is 5.78. The zero-order valence-electron chi connectivity index (χ0n) is 11.5. The summed E-state index contributed by atoms with van der Waals surface area (Å²) in [5.41, 5.74) is 4.73. The molecule has 0 aliphatic carbocycles. The third kappa shape index (κ3) is 2.91. The molecule has 0 unspecified atom stereocenters. The molecular formula is C18H17NO. The van der Waals surface area contributed by atoms with Crippen LogP contribution in [0.4, 0.5) is 0 Å². The van der Waals surface area contributed by atoms with Gasteiger partial charge in [0, 0.05) is 11.9 Å². The molecule has 0 atom stereocenters. The quantitative estimate of drug-likeness (QED) is 0.733. The molecule has 2 nitrogen and oxygen atoms in total. The first kappa shape index (κ1) is 12.5. The van der Waals surface area contributed by atoms with E-state index in [9.17, 15) is 0 Å². The standard InChI is InChI=1S/C18H17NO/c1-14-11-18(19-12-14)16-7-9-17(10-8-16)20-13-15-5-3-2-4-6-15/h2-12,19H,13H2,1H3. The van der Waals surface area contributed by atoms with E-state index in [2.05, 4.69) is 42.2 Å². The first-order valence-corrected chi connectivity index (χ1v) is 6.73. The number of hydrogen-bond donors (Lipinski definition) is 1. The number of aromatic nitrogens is 1. The second kappa shape index (κ2) is 5.66. The van der Waals surface area contributed by atoms with Crippen molar-refractivity contribution in [1.29, 1.82) is 0 Å². The number of H-pyrrole nitrogens is 1. The van der Waals surface area contributed by atoms with Gasteiger partial charge in [0.15, 0.2) is 0 Å². The van der Waals surface area contributed by atoms with E-state index in [-0.39, 0.29) is 0 Å². The lowest BCUT2D eigenvalue weighted by Gasteiger charge is -2.07. The van der Waals surface area contributed by atoms with Crippen molar-refractivity contribution in [2.24, 2.45) is 0 Å². The lowest BCUT2D eigenvalue weighted by Crippen LogP contribution is -1.94. The Hall–Kier alpha value is -2.48. The number of benzene rings is 2. The molecule has 3 rings (SSSR count). The van der Waals surface area contributed by atoms with Gasteiger partial charge in [0.25, 0.3) is 0 Å². The highest BCUT2D eigenvalue weighted by Crippen LogP contribution is 2.22. The summed E-state index contributed by atoms with van der Waals surface area (Å²) in [5.74, 6) is 0.890. The minimum Gasteiger partial charge on any atom is -0.489 e. The number of rotatable bonds is 4. The largest absolute Gasteiger partial charge is 0.489 e. The van der Waals surface area contributed by atoms with Crippen molar-refractivity contribution < 1.29 is 4.74 Å². The molecule has 1 aromatic heterocycles. The molecule has 0 aliphatic heterocycles. The third-order valence-corrected chi connectivity index (χ3v) is 3.24. The minimum absolute atomic E-state index is 0.599. The van der Waals surface area contributed by atoms with Gasteiger partial charge < -0.3 is 9.72 Å². The molecule has 2 aromatic carbocycles. The van der Waals surface area contributed by atoms with Crippen LogP contribution in [0.5, 0.6) is 5.75 Å². The van der Waals surface area contributed by atoms with Crippen LogP contribution in [0.2, 0.25) is 0 Å². The molecule has 0 fully saturated rings. The van der Waals surface area contributed by atoms with Crippen molar-refractivity contribution in [2.75, 3.05) is 0 Å². The summed E-state index contributed by atoms with van der Waals surface area (Å²) in [5, 5.41) is 0. The van der Waals surface area contributed by atoms with Crippen molar-refractivity contribution in [3.8, 4) is 17.0 Å². The van der Waals surface area contributed by atoms with Gasteiger partial charge in [0.1, 0.15) is 12.4 Å². The Bertz CT molecular complexity index is 668. The van der Waals surface area contributed by atoms with Gasteiger partial charge in [-0.25, -0.2) is 0 Å². The van der Waals surface area contributed by atoms with Gasteiger partial charge in [0.2, 0.25) is 0 Å². The van der Waals surface area contributed by atoms with Crippen LogP contribution < -0.4 is 4.74 Å². The Balaban J connectivity index is 1.67. The first-order valence-electron chi connectivity index (χ1n) is 6.73. The summed E-state index contributed by atoms with van der Waals surface area (Å²) in [6.07, 6.45) is 2.01. The SMILES string of the molecule is Cc1c[nH]c(-c2ccc(OCc3ccccc3)cc2)c1. The van der Waals surface area contributed by atoms with E-state index in [1.807, 2.05) is 36.5 Å². The fourth-order valence-electron chi connectivity index (χ4n) is 2.14. The van der Waals surface area contributed by atoms with Crippen LogP contribution in [0.3, 0.4) is 0 Å². The van der Waals surface area contributed by atoms with E-state index in [0.717, 1.165) is 11.4 Å². The van der Waals surface area contributed by atoms with Crippen molar-refractivity contribution in [3.05, 3.63) is 78.0 Å². The molecular weight excluding hydrogens is 246 g/mol. The van der Waals surface area contributed by atoms with Crippen LogP contribution in [0.1, 0.15) is 11.1 Å². The molecule has 1 heterocycles. The highest BCUT2D eigenvalue weighted by Gasteiger charge is 2.01. The lowest BCUT2D eigenvalue weighted by molar-refractivity contribution is 0.306. The van der Waals surface area contributed by atoms with E-state index in [1.54, 1.807) is 0 Å². The number of aryl methyl sites for hydroxylation is 1. The van der Waals surface area contributed by atoms with Gasteiger partial charge in [-0.2, -0.15) is 0 Å². The third-order valence-electron chi connectivity index (χ3n) is 3.24. The topological polar surface area (TPSA) is 25.0 Å². The van der Waals surface area contributed by atoms with E-state index < -0.39 is 0 Å². The van der Waals surface area contributed by atoms with Gasteiger partial charge in [-0.15, -0.1) is 0 Å². The Morgan fingerprint density at radius 3 is 2.35 bits per heavy atom. The number of aromatic amines is 1. The highest BCUT2D eigenvalue weighted by molar-refractivity contribution is 5.61. The van der Waals surface area contributed by atoms with Crippen molar-refractivity contribution in [3.63, 3.8) is 0 Å². The normalized spacial score (nSPS) is 10.4. The van der Waals surface area contributed by atoms with E-state index >= 15 is 0 Å². The molecule has 20 heavy (non-hydrogen) atoms. The fourth-order valence-corrected chi connectivity index (χ4v) is 2.14.